The molecule has 1 amide bonds. The number of ether oxygens (including phenoxy) is 1. The molecule has 0 radical (unpaired) electrons. The summed E-state index contributed by atoms with van der Waals surface area (Å²) in [5.41, 5.74) is 0. The number of amides is 1. The molecule has 0 aromatic rings. The molecular formula is C10H15NO5. The van der Waals surface area contributed by atoms with Gasteiger partial charge >= 0.3 is 5.97 Å². The molecule has 0 heterocycles. The summed E-state index contributed by atoms with van der Waals surface area (Å²) in [5, 5.41) is 1.01. The first-order chi connectivity index (χ1) is 7.51. The van der Waals surface area contributed by atoms with Gasteiger partial charge in [0.05, 0.1) is 14.2 Å². The van der Waals surface area contributed by atoms with E-state index in [1.807, 2.05) is 0 Å². The summed E-state index contributed by atoms with van der Waals surface area (Å²) >= 11 is 0. The maximum absolute atomic E-state index is 11.7. The van der Waals surface area contributed by atoms with Crippen LogP contribution >= 0.6 is 0 Å². The predicted molar refractivity (Wildman–Crippen MR) is 53.0 cm³/mol. The average Bonchev–Trinajstić information content (AvgIpc) is 2.26. The van der Waals surface area contributed by atoms with Crippen LogP contribution in [0.5, 0.6) is 0 Å². The van der Waals surface area contributed by atoms with Gasteiger partial charge in [-0.1, -0.05) is 0 Å². The lowest BCUT2D eigenvalue weighted by atomic mass is 9.70. The Balaban J connectivity index is 2.60. The van der Waals surface area contributed by atoms with Crippen molar-refractivity contribution >= 4 is 17.7 Å². The van der Waals surface area contributed by atoms with Gasteiger partial charge in [-0.05, 0) is 5.92 Å². The van der Waals surface area contributed by atoms with Crippen molar-refractivity contribution in [3.63, 3.8) is 0 Å². The van der Waals surface area contributed by atoms with Gasteiger partial charge < -0.3 is 4.74 Å². The SMILES string of the molecule is COC(=O)C[C@@H]1CC(=O)[C@H]1C(=O)N(C)OC. The van der Waals surface area contributed by atoms with Crippen molar-refractivity contribution in [2.45, 2.75) is 12.8 Å². The lowest BCUT2D eigenvalue weighted by Crippen LogP contribution is -2.48. The van der Waals surface area contributed by atoms with E-state index in [1.165, 1.54) is 21.3 Å². The molecule has 0 spiro atoms. The summed E-state index contributed by atoms with van der Waals surface area (Å²) in [5.74, 6) is -1.99. The summed E-state index contributed by atoms with van der Waals surface area (Å²) in [6, 6.07) is 0. The summed E-state index contributed by atoms with van der Waals surface area (Å²) in [6.45, 7) is 0. The van der Waals surface area contributed by atoms with Crippen molar-refractivity contribution in [2.75, 3.05) is 21.3 Å². The van der Waals surface area contributed by atoms with Gasteiger partial charge in [0.25, 0.3) is 5.91 Å². The Morgan fingerprint density at radius 3 is 2.50 bits per heavy atom. The minimum Gasteiger partial charge on any atom is -0.469 e. The van der Waals surface area contributed by atoms with E-state index in [9.17, 15) is 14.4 Å². The number of hydroxylamine groups is 2. The molecule has 0 aromatic heterocycles. The molecule has 16 heavy (non-hydrogen) atoms. The van der Waals surface area contributed by atoms with Crippen LogP contribution in [0.4, 0.5) is 0 Å². The van der Waals surface area contributed by atoms with Crippen molar-refractivity contribution in [3.8, 4) is 0 Å². The third-order valence-corrected chi connectivity index (χ3v) is 2.79. The van der Waals surface area contributed by atoms with Crippen LogP contribution in [0.2, 0.25) is 0 Å². The van der Waals surface area contributed by atoms with Crippen molar-refractivity contribution < 1.29 is 24.0 Å². The smallest absolute Gasteiger partial charge is 0.305 e. The molecule has 0 saturated heterocycles. The van der Waals surface area contributed by atoms with Crippen LogP contribution in [0.1, 0.15) is 12.8 Å². The zero-order chi connectivity index (χ0) is 12.3. The van der Waals surface area contributed by atoms with Gasteiger partial charge in [0, 0.05) is 19.9 Å². The Hall–Kier alpha value is -1.43. The third kappa shape index (κ3) is 2.38. The maximum atomic E-state index is 11.7. The number of carbonyl (C=O) groups excluding carboxylic acids is 3. The molecule has 1 aliphatic rings. The molecule has 1 saturated carbocycles. The van der Waals surface area contributed by atoms with Gasteiger partial charge in [-0.15, -0.1) is 0 Å². The second-order valence-electron chi connectivity index (χ2n) is 3.71. The standard InChI is InChI=1S/C10H15NO5/c1-11(16-3)10(14)9-6(4-7(9)12)5-8(13)15-2/h6,9H,4-5H2,1-3H3/t6-,9-/m0/s1. The molecule has 6 nitrogen and oxygen atoms in total. The second-order valence-corrected chi connectivity index (χ2v) is 3.71. The van der Waals surface area contributed by atoms with Crippen molar-refractivity contribution in [1.29, 1.82) is 0 Å². The fourth-order valence-electron chi connectivity index (χ4n) is 1.72. The van der Waals surface area contributed by atoms with Crippen molar-refractivity contribution in [2.24, 2.45) is 11.8 Å². The summed E-state index contributed by atoms with van der Waals surface area (Å²) in [7, 11) is 4.06. The zero-order valence-corrected chi connectivity index (χ0v) is 9.56. The summed E-state index contributed by atoms with van der Waals surface area (Å²) in [6.07, 6.45) is 0.346. The highest BCUT2D eigenvalue weighted by molar-refractivity contribution is 6.06. The van der Waals surface area contributed by atoms with Gasteiger partial charge in [-0.2, -0.15) is 0 Å². The van der Waals surface area contributed by atoms with E-state index >= 15 is 0 Å². The molecule has 1 fully saturated rings. The lowest BCUT2D eigenvalue weighted by molar-refractivity contribution is -0.181. The molecule has 0 aliphatic heterocycles. The molecule has 6 heteroatoms. The number of nitrogens with zero attached hydrogens (tertiary/aromatic N) is 1. The third-order valence-electron chi connectivity index (χ3n) is 2.79. The molecule has 0 bridgehead atoms. The van der Waals surface area contributed by atoms with E-state index in [0.717, 1.165) is 5.06 Å². The quantitative estimate of drug-likeness (QED) is 0.378. The molecule has 1 rings (SSSR count). The van der Waals surface area contributed by atoms with Gasteiger partial charge in [-0.25, -0.2) is 5.06 Å². The normalized spacial score (nSPS) is 23.6. The number of carbonyl (C=O) groups is 3. The number of Topliss-reactive ketones (excluding diaryl/α,β-unsaturated/α-hetero) is 1. The average molecular weight is 229 g/mol. The van der Waals surface area contributed by atoms with Crippen molar-refractivity contribution in [1.82, 2.24) is 5.06 Å². The largest absolute Gasteiger partial charge is 0.469 e. The number of methoxy groups -OCH3 is 1. The van der Waals surface area contributed by atoms with E-state index in [1.54, 1.807) is 0 Å². The van der Waals surface area contributed by atoms with Crippen LogP contribution in [-0.2, 0) is 24.0 Å². The van der Waals surface area contributed by atoms with Gasteiger partial charge in [0.1, 0.15) is 11.7 Å². The molecule has 0 N–H and O–H groups in total. The van der Waals surface area contributed by atoms with Crippen LogP contribution in [0.15, 0.2) is 0 Å². The molecule has 0 unspecified atom stereocenters. The van der Waals surface area contributed by atoms with Gasteiger partial charge in [0.2, 0.25) is 0 Å². The monoisotopic (exact) mass is 229 g/mol. The first kappa shape index (κ1) is 12.6. The Bertz CT molecular complexity index is 314. The van der Waals surface area contributed by atoms with Crippen LogP contribution in [0.25, 0.3) is 0 Å². The number of esters is 1. The molecule has 1 aliphatic carbocycles. The lowest BCUT2D eigenvalue weighted by Gasteiger charge is -2.34. The van der Waals surface area contributed by atoms with E-state index in [0.29, 0.717) is 0 Å². The first-order valence-corrected chi connectivity index (χ1v) is 4.92. The fraction of sp³-hybridized carbons (Fsp3) is 0.700. The summed E-state index contributed by atoms with van der Waals surface area (Å²) in [4.78, 5) is 38.7. The molecule has 0 aromatic carbocycles. The Labute approximate surface area is 93.4 Å². The minimum atomic E-state index is -0.760. The Morgan fingerprint density at radius 2 is 2.06 bits per heavy atom. The topological polar surface area (TPSA) is 72.9 Å². The molecule has 90 valence electrons. The number of ketones is 1. The fourth-order valence-corrected chi connectivity index (χ4v) is 1.72. The predicted octanol–water partition coefficient (Wildman–Crippen LogP) is -0.226. The highest BCUT2D eigenvalue weighted by Crippen LogP contribution is 2.34. The van der Waals surface area contributed by atoms with Crippen molar-refractivity contribution in [3.05, 3.63) is 0 Å². The highest BCUT2D eigenvalue weighted by Gasteiger charge is 2.47. The first-order valence-electron chi connectivity index (χ1n) is 4.92. The molecular weight excluding hydrogens is 214 g/mol. The number of rotatable bonds is 4. The van der Waals surface area contributed by atoms with Crippen LogP contribution < -0.4 is 0 Å². The zero-order valence-electron chi connectivity index (χ0n) is 9.56. The minimum absolute atomic E-state index is 0.0935. The Morgan fingerprint density at radius 1 is 1.44 bits per heavy atom. The van der Waals surface area contributed by atoms with Gasteiger partial charge in [0.15, 0.2) is 0 Å². The van der Waals surface area contributed by atoms with E-state index < -0.39 is 17.8 Å². The van der Waals surface area contributed by atoms with E-state index in [4.69, 9.17) is 4.84 Å². The van der Waals surface area contributed by atoms with E-state index in [-0.39, 0.29) is 24.5 Å². The number of hydrogen-bond acceptors (Lipinski definition) is 5. The Kier molecular flexibility index (Phi) is 4.00. The second kappa shape index (κ2) is 5.07. The van der Waals surface area contributed by atoms with Crippen LogP contribution in [-0.4, -0.2) is 44.0 Å². The van der Waals surface area contributed by atoms with E-state index in [2.05, 4.69) is 4.74 Å². The highest BCUT2D eigenvalue weighted by atomic mass is 16.7. The van der Waals surface area contributed by atoms with Crippen LogP contribution in [0.3, 0.4) is 0 Å². The summed E-state index contributed by atoms with van der Waals surface area (Å²) < 4.78 is 4.50. The van der Waals surface area contributed by atoms with Crippen LogP contribution in [0, 0.1) is 11.8 Å². The molecule has 2 atom stereocenters. The maximum Gasteiger partial charge on any atom is 0.305 e. The number of hydrogen-bond donors (Lipinski definition) is 0. The van der Waals surface area contributed by atoms with Gasteiger partial charge in [-0.3, -0.25) is 19.2 Å².